The van der Waals surface area contributed by atoms with Crippen LogP contribution in [-0.4, -0.2) is 63.7 Å². The van der Waals surface area contributed by atoms with Gasteiger partial charge in [0.15, 0.2) is 11.5 Å². The van der Waals surface area contributed by atoms with Gasteiger partial charge in [-0.05, 0) is 72.8 Å². The molecule has 1 aliphatic rings. The number of ether oxygens (including phenoxy) is 2. The van der Waals surface area contributed by atoms with Crippen molar-refractivity contribution >= 4 is 62.2 Å². The number of nitrogens with zero attached hydrogens (tertiary/aromatic N) is 2. The van der Waals surface area contributed by atoms with Crippen LogP contribution in [0.5, 0.6) is 11.5 Å². The third-order valence-electron chi connectivity index (χ3n) is 6.38. The first-order valence-corrected chi connectivity index (χ1v) is 16.1. The quantitative estimate of drug-likeness (QED) is 0.187. The zero-order valence-electron chi connectivity index (χ0n) is 24.0. The minimum Gasteiger partial charge on any atom is -0.493 e. The number of carbonyl (C=O) groups excluding carboxylic acids is 3. The van der Waals surface area contributed by atoms with Crippen molar-refractivity contribution in [2.75, 3.05) is 37.7 Å². The van der Waals surface area contributed by atoms with E-state index >= 15 is 0 Å². The Labute approximate surface area is 265 Å². The van der Waals surface area contributed by atoms with Gasteiger partial charge >= 0.3 is 0 Å². The minimum absolute atomic E-state index is 0.0163. The van der Waals surface area contributed by atoms with Gasteiger partial charge in [0.2, 0.25) is 0 Å². The summed E-state index contributed by atoms with van der Waals surface area (Å²) in [7, 11) is -2.65. The van der Waals surface area contributed by atoms with E-state index in [1.54, 1.807) is 54.6 Å². The number of hydrogen-bond donors (Lipinski definition) is 1. The summed E-state index contributed by atoms with van der Waals surface area (Å²) < 4.78 is 39.2. The molecule has 0 atom stereocenters. The number of halogens is 1. The number of nitrogens with one attached hydrogen (secondary N) is 1. The largest absolute Gasteiger partial charge is 0.493 e. The monoisotopic (exact) mass is 655 g/mol. The summed E-state index contributed by atoms with van der Waals surface area (Å²) in [4.78, 5) is 39.5. The number of thioether (sulfide) groups is 1. The fraction of sp³-hybridized carbons (Fsp3) is 0.194. The summed E-state index contributed by atoms with van der Waals surface area (Å²) in [5.74, 6) is -0.0387. The second-order valence-corrected chi connectivity index (χ2v) is 12.5. The summed E-state index contributed by atoms with van der Waals surface area (Å²) in [6, 6.07) is 17.5. The summed E-state index contributed by atoms with van der Waals surface area (Å²) in [5, 5.41) is 2.11. The van der Waals surface area contributed by atoms with E-state index in [4.69, 9.17) is 21.1 Å². The van der Waals surface area contributed by atoms with Crippen LogP contribution in [0.3, 0.4) is 0 Å². The van der Waals surface area contributed by atoms with Crippen LogP contribution in [0.4, 0.5) is 10.5 Å². The number of sulfonamides is 1. The molecule has 44 heavy (non-hydrogen) atoms. The van der Waals surface area contributed by atoms with Crippen LogP contribution in [-0.2, 0) is 14.8 Å². The molecule has 10 nitrogen and oxygen atoms in total. The van der Waals surface area contributed by atoms with Gasteiger partial charge in [0, 0.05) is 18.7 Å². The SMILES string of the molecule is C=CCN(c1ccccc1)S(=O)(=O)c1cc(C(=O)NCCN2C(=O)S/C(=C/c3ccc(OCC)c(OC)c3)C2=O)ccc1Cl. The minimum atomic E-state index is -4.16. The molecule has 1 aliphatic heterocycles. The lowest BCUT2D eigenvalue weighted by atomic mass is 10.2. The second kappa shape index (κ2) is 14.5. The Kier molecular flexibility index (Phi) is 10.7. The van der Waals surface area contributed by atoms with Gasteiger partial charge in [-0.2, -0.15) is 0 Å². The van der Waals surface area contributed by atoms with Crippen molar-refractivity contribution in [3.05, 3.63) is 100 Å². The van der Waals surface area contributed by atoms with E-state index < -0.39 is 27.1 Å². The van der Waals surface area contributed by atoms with Gasteiger partial charge in [0.1, 0.15) is 4.90 Å². The van der Waals surface area contributed by atoms with Crippen LogP contribution in [0.1, 0.15) is 22.8 Å². The highest BCUT2D eigenvalue weighted by atomic mass is 35.5. The summed E-state index contributed by atoms with van der Waals surface area (Å²) in [6.45, 7) is 5.81. The zero-order valence-corrected chi connectivity index (χ0v) is 26.4. The molecule has 1 N–H and O–H groups in total. The van der Waals surface area contributed by atoms with Crippen LogP contribution < -0.4 is 19.1 Å². The molecule has 4 rings (SSSR count). The molecule has 1 fully saturated rings. The lowest BCUT2D eigenvalue weighted by molar-refractivity contribution is -0.122. The average molecular weight is 656 g/mol. The van der Waals surface area contributed by atoms with Gasteiger partial charge in [-0.3, -0.25) is 23.6 Å². The Morgan fingerprint density at radius 2 is 1.84 bits per heavy atom. The fourth-order valence-electron chi connectivity index (χ4n) is 4.29. The smallest absolute Gasteiger partial charge is 0.293 e. The first-order chi connectivity index (χ1) is 21.1. The molecule has 3 amide bonds. The molecule has 0 unspecified atom stereocenters. The van der Waals surface area contributed by atoms with E-state index in [1.807, 2.05) is 6.92 Å². The van der Waals surface area contributed by atoms with E-state index in [9.17, 15) is 22.8 Å². The van der Waals surface area contributed by atoms with Crippen molar-refractivity contribution in [1.82, 2.24) is 10.2 Å². The molecular formula is C31H30ClN3O7S2. The van der Waals surface area contributed by atoms with Crippen LogP contribution in [0, 0.1) is 0 Å². The van der Waals surface area contributed by atoms with E-state index in [0.717, 1.165) is 21.0 Å². The van der Waals surface area contributed by atoms with Gasteiger partial charge in [0.05, 0.1) is 35.9 Å². The van der Waals surface area contributed by atoms with Crippen molar-refractivity contribution in [1.29, 1.82) is 0 Å². The topological polar surface area (TPSA) is 122 Å². The molecule has 3 aromatic rings. The third kappa shape index (κ3) is 7.26. The maximum atomic E-state index is 13.6. The van der Waals surface area contributed by atoms with Gasteiger partial charge < -0.3 is 14.8 Å². The normalized spacial score (nSPS) is 14.1. The molecule has 0 saturated carbocycles. The maximum Gasteiger partial charge on any atom is 0.293 e. The van der Waals surface area contributed by atoms with Crippen molar-refractivity contribution < 1.29 is 32.3 Å². The number of imide groups is 1. The summed E-state index contributed by atoms with van der Waals surface area (Å²) in [5.41, 5.74) is 1.10. The first kappa shape index (κ1) is 32.6. The maximum absolute atomic E-state index is 13.6. The summed E-state index contributed by atoms with van der Waals surface area (Å²) in [6.07, 6.45) is 3.03. The van der Waals surface area contributed by atoms with Crippen LogP contribution in [0.2, 0.25) is 5.02 Å². The molecule has 0 aromatic heterocycles. The molecule has 1 heterocycles. The Balaban J connectivity index is 1.44. The lowest BCUT2D eigenvalue weighted by Gasteiger charge is -2.24. The molecule has 0 radical (unpaired) electrons. The highest BCUT2D eigenvalue weighted by Crippen LogP contribution is 2.34. The third-order valence-corrected chi connectivity index (χ3v) is 9.56. The Morgan fingerprint density at radius 1 is 1.09 bits per heavy atom. The van der Waals surface area contributed by atoms with Crippen molar-refractivity contribution in [2.24, 2.45) is 0 Å². The van der Waals surface area contributed by atoms with Crippen molar-refractivity contribution in [3.63, 3.8) is 0 Å². The van der Waals surface area contributed by atoms with Crippen molar-refractivity contribution in [3.8, 4) is 11.5 Å². The number of anilines is 1. The standard InChI is InChI=1S/C31H30ClN3O7S2/c1-4-16-35(23-9-7-6-8-10-23)44(39,40)28-20-22(12-13-24(28)32)29(36)33-15-17-34-30(37)27(43-31(34)38)19-21-11-14-25(42-5-2)26(18-21)41-3/h4,6-14,18-20H,1,5,15-17H2,2-3H3,(H,33,36)/b27-19+. The molecule has 0 spiro atoms. The van der Waals surface area contributed by atoms with Gasteiger partial charge in [-0.15, -0.1) is 6.58 Å². The average Bonchev–Trinajstić information content (AvgIpc) is 3.28. The number of carbonyl (C=O) groups is 3. The van der Waals surface area contributed by atoms with E-state index in [1.165, 1.54) is 31.4 Å². The van der Waals surface area contributed by atoms with E-state index in [0.29, 0.717) is 29.4 Å². The van der Waals surface area contributed by atoms with Gasteiger partial charge in [0.25, 0.3) is 27.1 Å². The van der Waals surface area contributed by atoms with E-state index in [2.05, 4.69) is 11.9 Å². The predicted molar refractivity (Wildman–Crippen MR) is 172 cm³/mol. The molecule has 3 aromatic carbocycles. The number of para-hydroxylation sites is 1. The number of rotatable bonds is 13. The molecule has 0 aliphatic carbocycles. The predicted octanol–water partition coefficient (Wildman–Crippen LogP) is 5.59. The first-order valence-electron chi connectivity index (χ1n) is 13.4. The highest BCUT2D eigenvalue weighted by Gasteiger charge is 2.35. The highest BCUT2D eigenvalue weighted by molar-refractivity contribution is 8.18. The number of amides is 3. The zero-order chi connectivity index (χ0) is 31.9. The molecule has 230 valence electrons. The second-order valence-electron chi connectivity index (χ2n) is 9.24. The van der Waals surface area contributed by atoms with Crippen LogP contribution in [0.15, 0.2) is 89.2 Å². The van der Waals surface area contributed by atoms with Gasteiger partial charge in [-0.25, -0.2) is 8.42 Å². The number of benzene rings is 3. The van der Waals surface area contributed by atoms with Crippen molar-refractivity contribution in [2.45, 2.75) is 11.8 Å². The Hall–Kier alpha value is -4.26. The Bertz CT molecular complexity index is 1710. The fourth-order valence-corrected chi connectivity index (χ4v) is 7.09. The Morgan fingerprint density at radius 3 is 2.52 bits per heavy atom. The van der Waals surface area contributed by atoms with Crippen LogP contribution >= 0.6 is 23.4 Å². The molecule has 13 heteroatoms. The molecular weight excluding hydrogens is 626 g/mol. The number of hydrogen-bond acceptors (Lipinski definition) is 8. The lowest BCUT2D eigenvalue weighted by Crippen LogP contribution is -2.37. The molecule has 0 bridgehead atoms. The van der Waals surface area contributed by atoms with E-state index in [-0.39, 0.29) is 40.0 Å². The molecule has 1 saturated heterocycles. The van der Waals surface area contributed by atoms with Crippen LogP contribution in [0.25, 0.3) is 6.08 Å². The number of methoxy groups -OCH3 is 1. The van der Waals surface area contributed by atoms with Gasteiger partial charge in [-0.1, -0.05) is 41.9 Å². The summed E-state index contributed by atoms with van der Waals surface area (Å²) >= 11 is 7.08.